The first-order valence-corrected chi connectivity index (χ1v) is 12.2. The van der Waals surface area contributed by atoms with Crippen LogP contribution < -0.4 is 10.5 Å². The van der Waals surface area contributed by atoms with Gasteiger partial charge in [-0.25, -0.2) is 4.68 Å². The minimum Gasteiger partial charge on any atom is -0.486 e. The molecule has 2 aromatic carbocycles. The molecule has 176 valence electrons. The van der Waals surface area contributed by atoms with Gasteiger partial charge >= 0.3 is 0 Å². The van der Waals surface area contributed by atoms with Gasteiger partial charge in [-0.15, -0.1) is 0 Å². The molecule has 1 aliphatic rings. The summed E-state index contributed by atoms with van der Waals surface area (Å²) >= 11 is 12.7. The summed E-state index contributed by atoms with van der Waals surface area (Å²) in [6.07, 6.45) is 5.84. The van der Waals surface area contributed by atoms with E-state index in [2.05, 4.69) is 17.1 Å². The smallest absolute Gasteiger partial charge is 0.150 e. The Balaban J connectivity index is 1.58. The van der Waals surface area contributed by atoms with Crippen molar-refractivity contribution in [2.45, 2.75) is 45.1 Å². The van der Waals surface area contributed by atoms with E-state index in [9.17, 15) is 0 Å². The highest BCUT2D eigenvalue weighted by Crippen LogP contribution is 2.37. The van der Waals surface area contributed by atoms with Crippen molar-refractivity contribution in [3.63, 3.8) is 0 Å². The van der Waals surface area contributed by atoms with Gasteiger partial charge in [0.05, 0.1) is 15.6 Å². The van der Waals surface area contributed by atoms with Gasteiger partial charge in [0.2, 0.25) is 0 Å². The third-order valence-electron chi connectivity index (χ3n) is 6.15. The molecule has 0 amide bonds. The highest BCUT2D eigenvalue weighted by molar-refractivity contribution is 6.35. The van der Waals surface area contributed by atoms with E-state index in [4.69, 9.17) is 43.5 Å². The Morgan fingerprint density at radius 1 is 1.15 bits per heavy atom. The van der Waals surface area contributed by atoms with Gasteiger partial charge in [-0.2, -0.15) is 5.10 Å². The highest BCUT2D eigenvalue weighted by Gasteiger charge is 2.23. The van der Waals surface area contributed by atoms with E-state index in [0.717, 1.165) is 53.6 Å². The molecule has 1 fully saturated rings. The van der Waals surface area contributed by atoms with Crippen LogP contribution in [0.3, 0.4) is 0 Å². The van der Waals surface area contributed by atoms with Crippen LogP contribution >= 0.6 is 23.2 Å². The first-order chi connectivity index (χ1) is 16.5. The highest BCUT2D eigenvalue weighted by atomic mass is 35.5. The predicted octanol–water partition coefficient (Wildman–Crippen LogP) is 6.70. The number of hydrogen-bond donors (Lipinski definition) is 1. The van der Waals surface area contributed by atoms with Crippen LogP contribution in [-0.2, 0) is 11.3 Å². The van der Waals surface area contributed by atoms with Gasteiger partial charge in [-0.05, 0) is 56.0 Å². The summed E-state index contributed by atoms with van der Waals surface area (Å²) in [5.74, 6) is 0.698. The fourth-order valence-corrected chi connectivity index (χ4v) is 5.13. The van der Waals surface area contributed by atoms with E-state index >= 15 is 0 Å². The van der Waals surface area contributed by atoms with E-state index in [1.54, 1.807) is 12.4 Å². The van der Waals surface area contributed by atoms with Crippen molar-refractivity contribution in [2.75, 3.05) is 6.61 Å². The number of halogens is 2. The van der Waals surface area contributed by atoms with Crippen LogP contribution in [0.25, 0.3) is 22.2 Å². The molecule has 1 saturated heterocycles. The van der Waals surface area contributed by atoms with Crippen molar-refractivity contribution in [3.05, 3.63) is 76.0 Å². The second-order valence-corrected chi connectivity index (χ2v) is 9.29. The Labute approximate surface area is 208 Å². The first kappa shape index (κ1) is 23.1. The molecule has 2 atom stereocenters. The molecule has 3 heterocycles. The molecule has 1 aliphatic heterocycles. The van der Waals surface area contributed by atoms with E-state index in [-0.39, 0.29) is 12.3 Å². The van der Waals surface area contributed by atoms with Gasteiger partial charge in [-0.1, -0.05) is 41.4 Å². The van der Waals surface area contributed by atoms with Gasteiger partial charge in [0.15, 0.2) is 6.23 Å². The van der Waals surface area contributed by atoms with Crippen LogP contribution in [0.4, 0.5) is 0 Å². The average molecular weight is 497 g/mol. The van der Waals surface area contributed by atoms with Gasteiger partial charge in [-0.3, -0.25) is 4.98 Å². The van der Waals surface area contributed by atoms with Crippen molar-refractivity contribution in [1.29, 1.82) is 0 Å². The predicted molar refractivity (Wildman–Crippen MR) is 135 cm³/mol. The summed E-state index contributed by atoms with van der Waals surface area (Å²) in [5.41, 5.74) is 10.5. The van der Waals surface area contributed by atoms with Crippen molar-refractivity contribution in [1.82, 2.24) is 14.8 Å². The number of aromatic nitrogens is 3. The van der Waals surface area contributed by atoms with Crippen molar-refractivity contribution in [3.8, 4) is 17.0 Å². The summed E-state index contributed by atoms with van der Waals surface area (Å²) in [6.45, 7) is 3.13. The average Bonchev–Trinajstić information content (AvgIpc) is 3.23. The fraction of sp³-hybridized carbons (Fsp3) is 0.308. The van der Waals surface area contributed by atoms with E-state index < -0.39 is 0 Å². The van der Waals surface area contributed by atoms with Crippen LogP contribution in [0, 0.1) is 0 Å². The van der Waals surface area contributed by atoms with E-state index in [0.29, 0.717) is 27.9 Å². The molecule has 0 spiro atoms. The Morgan fingerprint density at radius 3 is 2.71 bits per heavy atom. The maximum atomic E-state index is 6.34. The molecule has 0 bridgehead atoms. The Kier molecular flexibility index (Phi) is 6.75. The van der Waals surface area contributed by atoms with Gasteiger partial charge in [0.1, 0.15) is 17.5 Å². The molecule has 0 radical (unpaired) electrons. The minimum atomic E-state index is -0.360. The van der Waals surface area contributed by atoms with Crippen LogP contribution in [0.15, 0.2) is 54.9 Å². The zero-order chi connectivity index (χ0) is 23.7. The van der Waals surface area contributed by atoms with E-state index in [1.165, 1.54) is 0 Å². The number of rotatable bonds is 6. The molecule has 8 heteroatoms. The summed E-state index contributed by atoms with van der Waals surface area (Å²) in [4.78, 5) is 4.03. The largest absolute Gasteiger partial charge is 0.486 e. The van der Waals surface area contributed by atoms with Crippen molar-refractivity contribution >= 4 is 34.1 Å². The topological polar surface area (TPSA) is 75.2 Å². The number of benzene rings is 2. The second-order valence-electron chi connectivity index (χ2n) is 8.47. The number of pyridine rings is 1. The summed E-state index contributed by atoms with van der Waals surface area (Å²) in [7, 11) is 0. The Hall–Kier alpha value is -2.64. The summed E-state index contributed by atoms with van der Waals surface area (Å²) in [6, 6.07) is 14.2. The zero-order valence-electron chi connectivity index (χ0n) is 18.9. The normalized spacial score (nSPS) is 17.1. The lowest BCUT2D eigenvalue weighted by Gasteiger charge is -2.23. The van der Waals surface area contributed by atoms with Gasteiger partial charge < -0.3 is 15.2 Å². The third kappa shape index (κ3) is 4.51. The van der Waals surface area contributed by atoms with E-state index in [1.807, 2.05) is 41.9 Å². The fourth-order valence-electron chi connectivity index (χ4n) is 4.46. The molecule has 6 nitrogen and oxygen atoms in total. The molecule has 2 aromatic heterocycles. The molecule has 1 unspecified atom stereocenters. The maximum absolute atomic E-state index is 6.34. The maximum Gasteiger partial charge on any atom is 0.150 e. The number of ether oxygens (including phenoxy) is 2. The molecular weight excluding hydrogens is 471 g/mol. The number of nitrogens with zero attached hydrogens (tertiary/aromatic N) is 3. The lowest BCUT2D eigenvalue weighted by atomic mass is 10.0. The summed E-state index contributed by atoms with van der Waals surface area (Å²) < 4.78 is 14.3. The lowest BCUT2D eigenvalue weighted by molar-refractivity contribution is -0.0365. The zero-order valence-corrected chi connectivity index (χ0v) is 20.4. The summed E-state index contributed by atoms with van der Waals surface area (Å²) in [5, 5.41) is 6.95. The molecule has 0 aliphatic carbocycles. The van der Waals surface area contributed by atoms with Crippen molar-refractivity contribution in [2.24, 2.45) is 5.73 Å². The molecule has 4 aromatic rings. The number of fused-ring (bicyclic) bond motifs is 1. The first-order valence-electron chi connectivity index (χ1n) is 11.4. The standard InChI is InChI=1S/C26H26Cl2N4O2/c1-16(25-21(27)14-30-15-22(25)28)34-19-8-9-23-20(12-19)26(18-6-4-5-17(11-18)13-29)31-32(23)24-7-2-3-10-33-24/h4-6,8-9,11-12,14-16,24H,2-3,7,10,13,29H2,1H3/t16-,24?/m1/s1. The molecule has 2 N–H and O–H groups in total. The SMILES string of the molecule is C[C@@H](Oc1ccc2c(c1)c(-c1cccc(CN)c1)nn2C1CCCCO1)c1c(Cl)cncc1Cl. The second kappa shape index (κ2) is 9.92. The monoisotopic (exact) mass is 496 g/mol. The Bertz CT molecular complexity index is 1300. The van der Waals surface area contributed by atoms with Crippen LogP contribution in [0.2, 0.25) is 10.0 Å². The number of hydrogen-bond acceptors (Lipinski definition) is 5. The third-order valence-corrected chi connectivity index (χ3v) is 6.75. The van der Waals surface area contributed by atoms with Crippen molar-refractivity contribution < 1.29 is 9.47 Å². The Morgan fingerprint density at radius 2 is 1.97 bits per heavy atom. The molecule has 5 rings (SSSR count). The minimum absolute atomic E-state index is 0.0807. The van der Waals surface area contributed by atoms with Crippen LogP contribution in [-0.4, -0.2) is 21.4 Å². The van der Waals surface area contributed by atoms with Crippen LogP contribution in [0.5, 0.6) is 5.75 Å². The number of nitrogens with two attached hydrogens (primary N) is 1. The van der Waals surface area contributed by atoms with Gasteiger partial charge in [0, 0.05) is 42.1 Å². The van der Waals surface area contributed by atoms with Gasteiger partial charge in [0.25, 0.3) is 0 Å². The van der Waals surface area contributed by atoms with Crippen LogP contribution in [0.1, 0.15) is 49.6 Å². The molecule has 0 saturated carbocycles. The lowest BCUT2D eigenvalue weighted by Crippen LogP contribution is -2.19. The molecular formula is C26H26Cl2N4O2. The quantitative estimate of drug-likeness (QED) is 0.321. The molecule has 34 heavy (non-hydrogen) atoms.